The van der Waals surface area contributed by atoms with E-state index in [2.05, 4.69) is 27.8 Å². The molecule has 0 atom stereocenters. The number of halogens is 2. The van der Waals surface area contributed by atoms with Crippen molar-refractivity contribution in [2.45, 2.75) is 13.3 Å². The van der Waals surface area contributed by atoms with Crippen molar-refractivity contribution in [3.05, 3.63) is 38.8 Å². The van der Waals surface area contributed by atoms with E-state index in [0.29, 0.717) is 16.0 Å². The van der Waals surface area contributed by atoms with Crippen LogP contribution in [0.5, 0.6) is 10.9 Å². The molecule has 16 heavy (non-hydrogen) atoms. The summed E-state index contributed by atoms with van der Waals surface area (Å²) in [5.74, 6) is 0.619. The van der Waals surface area contributed by atoms with Gasteiger partial charge in [0, 0.05) is 9.85 Å². The van der Waals surface area contributed by atoms with E-state index in [1.165, 1.54) is 11.3 Å². The van der Waals surface area contributed by atoms with Crippen LogP contribution in [0.1, 0.15) is 12.6 Å². The van der Waals surface area contributed by atoms with Gasteiger partial charge in [0.2, 0.25) is 0 Å². The van der Waals surface area contributed by atoms with E-state index in [1.54, 1.807) is 6.07 Å². The summed E-state index contributed by atoms with van der Waals surface area (Å²) in [4.78, 5) is 4.32. The largest absolute Gasteiger partial charge is 0.429 e. The molecule has 0 saturated carbocycles. The first-order valence-electron chi connectivity index (χ1n) is 4.76. The van der Waals surface area contributed by atoms with Crippen LogP contribution in [0, 0.1) is 0 Å². The summed E-state index contributed by atoms with van der Waals surface area (Å²) in [6, 6.07) is 5.49. The fraction of sp³-hybridized carbons (Fsp3) is 0.182. The molecule has 0 aliphatic heterocycles. The third-order valence-corrected chi connectivity index (χ3v) is 3.56. The van der Waals surface area contributed by atoms with E-state index >= 15 is 0 Å². The molecule has 0 bridgehead atoms. The van der Waals surface area contributed by atoms with E-state index in [1.807, 2.05) is 17.5 Å². The molecule has 0 spiro atoms. The average molecular weight is 319 g/mol. The molecule has 1 aromatic carbocycles. The van der Waals surface area contributed by atoms with Crippen LogP contribution in [0.3, 0.4) is 0 Å². The Morgan fingerprint density at radius 2 is 2.31 bits per heavy atom. The number of hydrogen-bond acceptors (Lipinski definition) is 3. The van der Waals surface area contributed by atoms with Gasteiger partial charge in [0.05, 0.1) is 10.7 Å². The van der Waals surface area contributed by atoms with Crippen molar-refractivity contribution in [2.24, 2.45) is 0 Å². The highest BCUT2D eigenvalue weighted by atomic mass is 79.9. The summed E-state index contributed by atoms with van der Waals surface area (Å²) in [5, 5.41) is 3.19. The quantitative estimate of drug-likeness (QED) is 0.802. The van der Waals surface area contributed by atoms with Crippen molar-refractivity contribution >= 4 is 38.9 Å². The number of nitrogens with zero attached hydrogens (tertiary/aromatic N) is 1. The number of aryl methyl sites for hydroxylation is 1. The molecule has 0 aliphatic rings. The van der Waals surface area contributed by atoms with Gasteiger partial charge in [-0.25, -0.2) is 4.98 Å². The number of rotatable bonds is 3. The van der Waals surface area contributed by atoms with Crippen molar-refractivity contribution in [1.29, 1.82) is 0 Å². The van der Waals surface area contributed by atoms with Crippen molar-refractivity contribution < 1.29 is 4.74 Å². The molecule has 2 nitrogen and oxygen atoms in total. The first kappa shape index (κ1) is 11.9. The topological polar surface area (TPSA) is 22.1 Å². The fourth-order valence-electron chi connectivity index (χ4n) is 1.15. The Morgan fingerprint density at radius 1 is 1.50 bits per heavy atom. The third kappa shape index (κ3) is 2.75. The number of thiazole rings is 1. The van der Waals surface area contributed by atoms with Crippen LogP contribution >= 0.6 is 38.9 Å². The highest BCUT2D eigenvalue weighted by Gasteiger charge is 2.07. The van der Waals surface area contributed by atoms with Crippen LogP contribution < -0.4 is 4.74 Å². The van der Waals surface area contributed by atoms with Gasteiger partial charge in [-0.2, -0.15) is 0 Å². The lowest BCUT2D eigenvalue weighted by Gasteiger charge is -2.04. The molecule has 2 aromatic rings. The number of hydrogen-bond donors (Lipinski definition) is 0. The summed E-state index contributed by atoms with van der Waals surface area (Å²) in [5.41, 5.74) is 1.03. The maximum Gasteiger partial charge on any atom is 0.278 e. The lowest BCUT2D eigenvalue weighted by atomic mass is 10.3. The molecule has 84 valence electrons. The Morgan fingerprint density at radius 3 is 3.00 bits per heavy atom. The minimum absolute atomic E-state index is 0.580. The molecule has 0 fully saturated rings. The highest BCUT2D eigenvalue weighted by molar-refractivity contribution is 9.10. The van der Waals surface area contributed by atoms with Gasteiger partial charge in [0.25, 0.3) is 5.19 Å². The zero-order valence-electron chi connectivity index (χ0n) is 8.54. The second-order valence-electron chi connectivity index (χ2n) is 3.14. The maximum absolute atomic E-state index is 6.02. The Bertz CT molecular complexity index is 500. The highest BCUT2D eigenvalue weighted by Crippen LogP contribution is 2.33. The normalized spacial score (nSPS) is 10.4. The zero-order chi connectivity index (χ0) is 11.5. The molecule has 5 heteroatoms. The molecule has 0 aliphatic carbocycles. The predicted octanol–water partition coefficient (Wildman–Crippen LogP) is 4.91. The minimum atomic E-state index is 0.580. The molecule has 0 unspecified atom stereocenters. The molecule has 1 aromatic heterocycles. The second kappa shape index (κ2) is 5.17. The average Bonchev–Trinajstić information content (AvgIpc) is 2.71. The summed E-state index contributed by atoms with van der Waals surface area (Å²) >= 11 is 10.9. The van der Waals surface area contributed by atoms with Crippen LogP contribution in [-0.2, 0) is 6.42 Å². The van der Waals surface area contributed by atoms with Crippen molar-refractivity contribution in [1.82, 2.24) is 4.98 Å². The molecule has 0 radical (unpaired) electrons. The monoisotopic (exact) mass is 317 g/mol. The number of ether oxygens (including phenoxy) is 1. The van der Waals surface area contributed by atoms with E-state index < -0.39 is 0 Å². The van der Waals surface area contributed by atoms with Gasteiger partial charge in [-0.05, 0) is 24.6 Å². The van der Waals surface area contributed by atoms with Gasteiger partial charge in [-0.1, -0.05) is 45.8 Å². The molecule has 0 amide bonds. The van der Waals surface area contributed by atoms with E-state index in [9.17, 15) is 0 Å². The standard InChI is InChI=1S/C11H9BrClNOS/c1-2-8-6-16-11(14-8)15-10-5-7(12)3-4-9(10)13/h3-6H,2H2,1H3. The lowest BCUT2D eigenvalue weighted by Crippen LogP contribution is -1.86. The molecular formula is C11H9BrClNOS. The van der Waals surface area contributed by atoms with Gasteiger partial charge in [-0.3, -0.25) is 0 Å². The Kier molecular flexibility index (Phi) is 3.84. The third-order valence-electron chi connectivity index (χ3n) is 1.98. The molecule has 0 saturated heterocycles. The molecule has 1 heterocycles. The van der Waals surface area contributed by atoms with Crippen LogP contribution in [0.15, 0.2) is 28.1 Å². The van der Waals surface area contributed by atoms with Gasteiger partial charge in [-0.15, -0.1) is 0 Å². The smallest absolute Gasteiger partial charge is 0.278 e. The van der Waals surface area contributed by atoms with Gasteiger partial charge < -0.3 is 4.74 Å². The fourth-order valence-corrected chi connectivity index (χ4v) is 2.41. The molecule has 0 N–H and O–H groups in total. The van der Waals surface area contributed by atoms with E-state index in [0.717, 1.165) is 16.6 Å². The minimum Gasteiger partial charge on any atom is -0.429 e. The van der Waals surface area contributed by atoms with Crippen molar-refractivity contribution in [2.75, 3.05) is 0 Å². The SMILES string of the molecule is CCc1csc(Oc2cc(Br)ccc2Cl)n1. The van der Waals surface area contributed by atoms with Crippen molar-refractivity contribution in [3.63, 3.8) is 0 Å². The molecule has 2 rings (SSSR count). The Hall–Kier alpha value is -0.580. The van der Waals surface area contributed by atoms with Crippen molar-refractivity contribution in [3.8, 4) is 10.9 Å². The number of benzene rings is 1. The Balaban J connectivity index is 2.22. The molecular weight excluding hydrogens is 310 g/mol. The lowest BCUT2D eigenvalue weighted by molar-refractivity contribution is 0.477. The number of aromatic nitrogens is 1. The summed E-state index contributed by atoms with van der Waals surface area (Å²) in [6.07, 6.45) is 0.909. The van der Waals surface area contributed by atoms with Gasteiger partial charge in [0.15, 0.2) is 0 Å². The first-order valence-corrected chi connectivity index (χ1v) is 6.81. The van der Waals surface area contributed by atoms with Crippen LogP contribution in [0.2, 0.25) is 5.02 Å². The first-order chi connectivity index (χ1) is 7.69. The maximum atomic E-state index is 6.02. The summed E-state index contributed by atoms with van der Waals surface area (Å²) in [6.45, 7) is 2.06. The summed E-state index contributed by atoms with van der Waals surface area (Å²) < 4.78 is 6.55. The zero-order valence-corrected chi connectivity index (χ0v) is 11.7. The van der Waals surface area contributed by atoms with Crippen LogP contribution in [-0.4, -0.2) is 4.98 Å². The Labute approximate surface area is 111 Å². The van der Waals surface area contributed by atoms with Gasteiger partial charge in [0.1, 0.15) is 5.75 Å². The van der Waals surface area contributed by atoms with Crippen LogP contribution in [0.4, 0.5) is 0 Å². The second-order valence-corrected chi connectivity index (χ2v) is 5.28. The van der Waals surface area contributed by atoms with E-state index in [4.69, 9.17) is 16.3 Å². The summed E-state index contributed by atoms with van der Waals surface area (Å²) in [7, 11) is 0. The van der Waals surface area contributed by atoms with Gasteiger partial charge >= 0.3 is 0 Å². The predicted molar refractivity (Wildman–Crippen MR) is 70.7 cm³/mol. The van der Waals surface area contributed by atoms with E-state index in [-0.39, 0.29) is 0 Å². The van der Waals surface area contributed by atoms with Crippen LogP contribution in [0.25, 0.3) is 0 Å².